The summed E-state index contributed by atoms with van der Waals surface area (Å²) in [6, 6.07) is 9.63. The minimum atomic E-state index is -0.101. The molecule has 25 heavy (non-hydrogen) atoms. The average Bonchev–Trinajstić information content (AvgIpc) is 3.32. The molecule has 4 rings (SSSR count). The van der Waals surface area contributed by atoms with E-state index in [0.717, 1.165) is 18.4 Å². The summed E-state index contributed by atoms with van der Waals surface area (Å²) in [7, 11) is 0. The number of amides is 1. The van der Waals surface area contributed by atoms with Gasteiger partial charge in [0.05, 0.1) is 13.2 Å². The lowest BCUT2D eigenvalue weighted by atomic mass is 9.96. The fourth-order valence-corrected chi connectivity index (χ4v) is 3.47. The van der Waals surface area contributed by atoms with E-state index in [1.165, 1.54) is 0 Å². The lowest BCUT2D eigenvalue weighted by Crippen LogP contribution is -2.41. The van der Waals surface area contributed by atoms with Crippen LogP contribution in [0, 0.1) is 12.8 Å². The van der Waals surface area contributed by atoms with Gasteiger partial charge in [-0.05, 0) is 31.9 Å². The summed E-state index contributed by atoms with van der Waals surface area (Å²) in [6.45, 7) is 4.52. The van der Waals surface area contributed by atoms with E-state index in [4.69, 9.17) is 13.9 Å². The summed E-state index contributed by atoms with van der Waals surface area (Å²) < 4.78 is 16.9. The van der Waals surface area contributed by atoms with Gasteiger partial charge in [0, 0.05) is 24.6 Å². The second-order valence-electron chi connectivity index (χ2n) is 6.53. The van der Waals surface area contributed by atoms with Crippen LogP contribution in [0.2, 0.25) is 0 Å². The van der Waals surface area contributed by atoms with Gasteiger partial charge in [-0.3, -0.25) is 4.79 Å². The monoisotopic (exact) mass is 342 g/mol. The van der Waals surface area contributed by atoms with E-state index in [-0.39, 0.29) is 12.2 Å². The van der Waals surface area contributed by atoms with Crippen molar-refractivity contribution in [1.29, 1.82) is 0 Å². The Morgan fingerprint density at radius 2 is 1.80 bits per heavy atom. The zero-order valence-electron chi connectivity index (χ0n) is 14.3. The Balaban J connectivity index is 1.44. The van der Waals surface area contributed by atoms with Gasteiger partial charge in [0.25, 0.3) is 5.91 Å². The zero-order chi connectivity index (χ0) is 17.2. The van der Waals surface area contributed by atoms with Gasteiger partial charge in [0.1, 0.15) is 5.76 Å². The van der Waals surface area contributed by atoms with E-state index in [1.54, 1.807) is 6.92 Å². The molecule has 2 aliphatic rings. The van der Waals surface area contributed by atoms with Crippen LogP contribution >= 0.6 is 0 Å². The van der Waals surface area contributed by atoms with Gasteiger partial charge in [-0.15, -0.1) is 0 Å². The van der Waals surface area contributed by atoms with Crippen molar-refractivity contribution in [2.75, 3.05) is 26.3 Å². The smallest absolute Gasteiger partial charge is 0.276 e. The fraction of sp³-hybridized carbons (Fsp3) is 0.474. The summed E-state index contributed by atoms with van der Waals surface area (Å²) in [4.78, 5) is 19.1. The zero-order valence-corrected chi connectivity index (χ0v) is 14.3. The summed E-state index contributed by atoms with van der Waals surface area (Å²) in [6.07, 6.45) is 1.67. The first-order valence-electron chi connectivity index (χ1n) is 8.77. The predicted molar refractivity (Wildman–Crippen MR) is 91.0 cm³/mol. The molecule has 132 valence electrons. The predicted octanol–water partition coefficient (Wildman–Crippen LogP) is 2.88. The van der Waals surface area contributed by atoms with Gasteiger partial charge in [-0.25, -0.2) is 4.98 Å². The first kappa shape index (κ1) is 16.3. The summed E-state index contributed by atoms with van der Waals surface area (Å²) in [5.41, 5.74) is 1.28. The maximum Gasteiger partial charge on any atom is 0.276 e. The lowest BCUT2D eigenvalue weighted by Gasteiger charge is -2.33. The van der Waals surface area contributed by atoms with Crippen molar-refractivity contribution < 1.29 is 18.7 Å². The second-order valence-corrected chi connectivity index (χ2v) is 6.53. The third-order valence-corrected chi connectivity index (χ3v) is 4.88. The summed E-state index contributed by atoms with van der Waals surface area (Å²) in [5, 5.41) is 0. The minimum absolute atomic E-state index is 0.0601. The van der Waals surface area contributed by atoms with Crippen LogP contribution in [-0.4, -0.2) is 48.4 Å². The highest BCUT2D eigenvalue weighted by molar-refractivity contribution is 5.93. The van der Waals surface area contributed by atoms with Crippen LogP contribution < -0.4 is 0 Å². The Hall–Kier alpha value is -2.18. The van der Waals surface area contributed by atoms with E-state index >= 15 is 0 Å². The molecule has 0 radical (unpaired) electrons. The molecule has 1 aromatic heterocycles. The number of ether oxygens (including phenoxy) is 2. The number of aryl methyl sites for hydroxylation is 1. The molecule has 6 nitrogen and oxygen atoms in total. The van der Waals surface area contributed by atoms with Gasteiger partial charge >= 0.3 is 0 Å². The molecule has 0 saturated carbocycles. The number of oxazole rings is 1. The third-order valence-electron chi connectivity index (χ3n) is 4.88. The molecule has 0 bridgehead atoms. The third kappa shape index (κ3) is 3.32. The number of nitrogens with zero attached hydrogens (tertiary/aromatic N) is 2. The number of aromatic nitrogens is 1. The molecule has 0 aliphatic carbocycles. The molecule has 0 spiro atoms. The Bertz CT molecular complexity index is 729. The van der Waals surface area contributed by atoms with Gasteiger partial charge in [0.2, 0.25) is 5.89 Å². The highest BCUT2D eigenvalue weighted by atomic mass is 16.7. The lowest BCUT2D eigenvalue weighted by molar-refractivity contribution is -0.0956. The Labute approximate surface area is 146 Å². The number of rotatable bonds is 3. The quantitative estimate of drug-likeness (QED) is 0.858. The maximum atomic E-state index is 12.8. The molecule has 3 heterocycles. The van der Waals surface area contributed by atoms with Crippen molar-refractivity contribution >= 4 is 5.91 Å². The van der Waals surface area contributed by atoms with Crippen molar-refractivity contribution in [3.63, 3.8) is 0 Å². The van der Waals surface area contributed by atoms with Crippen LogP contribution in [0.1, 0.15) is 29.1 Å². The van der Waals surface area contributed by atoms with Crippen LogP contribution in [-0.2, 0) is 9.47 Å². The van der Waals surface area contributed by atoms with Crippen molar-refractivity contribution in [3.8, 4) is 11.5 Å². The number of carbonyl (C=O) groups is 1. The number of hydrogen-bond donors (Lipinski definition) is 0. The molecule has 2 saturated heterocycles. The Kier molecular flexibility index (Phi) is 4.55. The van der Waals surface area contributed by atoms with Gasteiger partial charge < -0.3 is 18.8 Å². The number of piperidine rings is 1. The van der Waals surface area contributed by atoms with E-state index in [1.807, 2.05) is 35.2 Å². The molecule has 0 atom stereocenters. The van der Waals surface area contributed by atoms with Crippen LogP contribution in [0.4, 0.5) is 0 Å². The van der Waals surface area contributed by atoms with Crippen LogP contribution in [0.5, 0.6) is 0 Å². The molecular formula is C19H22N2O4. The fourth-order valence-electron chi connectivity index (χ4n) is 3.47. The van der Waals surface area contributed by atoms with Crippen molar-refractivity contribution in [2.45, 2.75) is 26.1 Å². The van der Waals surface area contributed by atoms with Crippen molar-refractivity contribution in [2.24, 2.45) is 5.92 Å². The van der Waals surface area contributed by atoms with E-state index in [9.17, 15) is 4.79 Å². The van der Waals surface area contributed by atoms with E-state index in [0.29, 0.717) is 49.6 Å². The van der Waals surface area contributed by atoms with Gasteiger partial charge in [-0.2, -0.15) is 0 Å². The largest absolute Gasteiger partial charge is 0.441 e. The van der Waals surface area contributed by atoms with Crippen molar-refractivity contribution in [1.82, 2.24) is 9.88 Å². The molecule has 0 unspecified atom stereocenters. The molecule has 2 aromatic rings. The van der Waals surface area contributed by atoms with Crippen LogP contribution in [0.3, 0.4) is 0 Å². The Morgan fingerprint density at radius 1 is 1.12 bits per heavy atom. The van der Waals surface area contributed by atoms with Gasteiger partial charge in [0.15, 0.2) is 12.0 Å². The van der Waals surface area contributed by atoms with Crippen LogP contribution in [0.25, 0.3) is 11.5 Å². The SMILES string of the molecule is Cc1oc(-c2ccccc2)nc1C(=O)N1CCC(C2OCCO2)CC1. The summed E-state index contributed by atoms with van der Waals surface area (Å²) in [5.74, 6) is 1.36. The molecule has 2 fully saturated rings. The number of benzene rings is 1. The molecule has 6 heteroatoms. The van der Waals surface area contributed by atoms with E-state index < -0.39 is 0 Å². The first-order chi connectivity index (χ1) is 12.2. The second kappa shape index (κ2) is 6.98. The topological polar surface area (TPSA) is 64.8 Å². The van der Waals surface area contributed by atoms with Crippen molar-refractivity contribution in [3.05, 3.63) is 41.8 Å². The molecule has 1 aromatic carbocycles. The first-order valence-corrected chi connectivity index (χ1v) is 8.77. The number of likely N-dealkylation sites (tertiary alicyclic amines) is 1. The maximum absolute atomic E-state index is 12.8. The molecule has 0 N–H and O–H groups in total. The molecule has 1 amide bonds. The number of hydrogen-bond acceptors (Lipinski definition) is 5. The highest BCUT2D eigenvalue weighted by Crippen LogP contribution is 2.28. The summed E-state index contributed by atoms with van der Waals surface area (Å²) >= 11 is 0. The van der Waals surface area contributed by atoms with Crippen LogP contribution in [0.15, 0.2) is 34.7 Å². The number of carbonyl (C=O) groups excluding carboxylic acids is 1. The average molecular weight is 342 g/mol. The van der Waals surface area contributed by atoms with Gasteiger partial charge in [-0.1, -0.05) is 18.2 Å². The normalized spacial score (nSPS) is 19.5. The minimum Gasteiger partial charge on any atom is -0.441 e. The molecular weight excluding hydrogens is 320 g/mol. The Morgan fingerprint density at radius 3 is 2.48 bits per heavy atom. The standard InChI is InChI=1S/C19H22N2O4/c1-13-16(20-17(25-13)14-5-3-2-4-6-14)18(22)21-9-7-15(8-10-21)19-23-11-12-24-19/h2-6,15,19H,7-12H2,1H3. The van der Waals surface area contributed by atoms with E-state index in [2.05, 4.69) is 4.98 Å². The highest BCUT2D eigenvalue weighted by Gasteiger charge is 2.33. The molecule has 2 aliphatic heterocycles.